The predicted octanol–water partition coefficient (Wildman–Crippen LogP) is 3.24. The van der Waals surface area contributed by atoms with E-state index < -0.39 is 32.9 Å². The highest BCUT2D eigenvalue weighted by Gasteiger charge is 2.21. The van der Waals surface area contributed by atoms with E-state index in [9.17, 15) is 17.2 Å². The molecule has 0 unspecified atom stereocenters. The minimum atomic E-state index is -3.48. The van der Waals surface area contributed by atoms with Crippen molar-refractivity contribution in [2.24, 2.45) is 0 Å². The standard InChI is InChI=1S/C18H18F2N4O2S/c1-3-6-27(25,26)11-13-4-5-15(19)18(17(13)20)24-10-16(22-23-24)14-7-12(2)8-21-9-14/h4-5,7-10H,3,6,11H2,1-2H3. The SMILES string of the molecule is CCCS(=O)(=O)Cc1ccc(F)c(-n2cc(-c3cncc(C)c3)nn2)c1F. The van der Waals surface area contributed by atoms with Crippen molar-refractivity contribution in [1.29, 1.82) is 0 Å². The molecule has 0 aliphatic rings. The van der Waals surface area contributed by atoms with Crippen LogP contribution >= 0.6 is 0 Å². The molecule has 1 aromatic carbocycles. The van der Waals surface area contributed by atoms with Gasteiger partial charge in [0.1, 0.15) is 11.4 Å². The number of benzene rings is 1. The van der Waals surface area contributed by atoms with Gasteiger partial charge in [0, 0.05) is 23.5 Å². The Bertz CT molecular complexity index is 1080. The van der Waals surface area contributed by atoms with Crippen molar-refractivity contribution >= 4 is 9.84 Å². The fourth-order valence-corrected chi connectivity index (χ4v) is 4.19. The summed E-state index contributed by atoms with van der Waals surface area (Å²) in [4.78, 5) is 4.06. The van der Waals surface area contributed by atoms with Gasteiger partial charge in [-0.1, -0.05) is 18.2 Å². The fraction of sp³-hybridized carbons (Fsp3) is 0.278. The zero-order chi connectivity index (χ0) is 19.6. The van der Waals surface area contributed by atoms with Crippen LogP contribution in [-0.4, -0.2) is 34.1 Å². The van der Waals surface area contributed by atoms with Gasteiger partial charge >= 0.3 is 0 Å². The highest BCUT2D eigenvalue weighted by Crippen LogP contribution is 2.24. The van der Waals surface area contributed by atoms with Crippen molar-refractivity contribution in [3.8, 4) is 16.9 Å². The van der Waals surface area contributed by atoms with Crippen LogP contribution < -0.4 is 0 Å². The van der Waals surface area contributed by atoms with Crippen molar-refractivity contribution in [1.82, 2.24) is 20.0 Å². The maximum atomic E-state index is 14.9. The summed E-state index contributed by atoms with van der Waals surface area (Å²) in [6.07, 6.45) is 5.05. The van der Waals surface area contributed by atoms with E-state index in [2.05, 4.69) is 15.3 Å². The second-order valence-electron chi connectivity index (χ2n) is 6.26. The highest BCUT2D eigenvalue weighted by molar-refractivity contribution is 7.90. The Morgan fingerprint density at radius 3 is 2.67 bits per heavy atom. The summed E-state index contributed by atoms with van der Waals surface area (Å²) in [7, 11) is -3.48. The van der Waals surface area contributed by atoms with Crippen LogP contribution in [-0.2, 0) is 15.6 Å². The van der Waals surface area contributed by atoms with Gasteiger partial charge in [-0.2, -0.15) is 0 Å². The fourth-order valence-electron chi connectivity index (χ4n) is 2.72. The van der Waals surface area contributed by atoms with E-state index in [1.54, 1.807) is 19.3 Å². The van der Waals surface area contributed by atoms with E-state index in [0.29, 0.717) is 17.7 Å². The van der Waals surface area contributed by atoms with Crippen molar-refractivity contribution in [3.63, 3.8) is 0 Å². The van der Waals surface area contributed by atoms with Gasteiger partial charge in [0.2, 0.25) is 0 Å². The smallest absolute Gasteiger partial charge is 0.156 e. The molecule has 0 fully saturated rings. The second-order valence-corrected chi connectivity index (χ2v) is 8.44. The van der Waals surface area contributed by atoms with Crippen molar-refractivity contribution in [2.75, 3.05) is 5.75 Å². The largest absolute Gasteiger partial charge is 0.264 e. The van der Waals surface area contributed by atoms with Gasteiger partial charge in [-0.25, -0.2) is 21.9 Å². The molecular weight excluding hydrogens is 374 g/mol. The van der Waals surface area contributed by atoms with E-state index in [4.69, 9.17) is 0 Å². The lowest BCUT2D eigenvalue weighted by atomic mass is 10.2. The molecule has 2 aromatic heterocycles. The molecule has 0 aliphatic carbocycles. The van der Waals surface area contributed by atoms with Gasteiger partial charge in [-0.05, 0) is 31.0 Å². The third kappa shape index (κ3) is 4.19. The van der Waals surface area contributed by atoms with Crippen LogP contribution in [0.15, 0.2) is 36.8 Å². The number of sulfone groups is 1. The molecule has 0 atom stereocenters. The van der Waals surface area contributed by atoms with Crippen LogP contribution in [0.25, 0.3) is 16.9 Å². The number of hydrogen-bond donors (Lipinski definition) is 0. The van der Waals surface area contributed by atoms with E-state index in [1.165, 1.54) is 6.20 Å². The first-order valence-corrected chi connectivity index (χ1v) is 10.1. The molecule has 0 saturated carbocycles. The maximum absolute atomic E-state index is 14.9. The van der Waals surface area contributed by atoms with Crippen LogP contribution in [0.1, 0.15) is 24.5 Å². The first-order chi connectivity index (χ1) is 12.8. The molecular formula is C18H18F2N4O2S. The second kappa shape index (κ2) is 7.51. The molecule has 2 heterocycles. The molecule has 0 bridgehead atoms. The normalized spacial score (nSPS) is 11.7. The molecule has 142 valence electrons. The Morgan fingerprint density at radius 1 is 1.19 bits per heavy atom. The summed E-state index contributed by atoms with van der Waals surface area (Å²) in [6, 6.07) is 4.00. The van der Waals surface area contributed by atoms with Crippen molar-refractivity contribution in [2.45, 2.75) is 26.0 Å². The molecule has 0 saturated heterocycles. The molecule has 9 heteroatoms. The minimum Gasteiger partial charge on any atom is -0.264 e. The topological polar surface area (TPSA) is 77.7 Å². The number of rotatable bonds is 6. The van der Waals surface area contributed by atoms with Gasteiger partial charge in [0.05, 0.1) is 17.7 Å². The first kappa shape index (κ1) is 19.1. The lowest BCUT2D eigenvalue weighted by Crippen LogP contribution is -2.12. The number of hydrogen-bond acceptors (Lipinski definition) is 5. The molecule has 0 N–H and O–H groups in total. The highest BCUT2D eigenvalue weighted by atomic mass is 32.2. The van der Waals surface area contributed by atoms with Crippen LogP contribution in [0, 0.1) is 18.6 Å². The average molecular weight is 392 g/mol. The number of nitrogens with zero attached hydrogens (tertiary/aromatic N) is 4. The Kier molecular flexibility index (Phi) is 5.31. The summed E-state index contributed by atoms with van der Waals surface area (Å²) in [6.45, 7) is 3.58. The molecule has 0 amide bonds. The zero-order valence-electron chi connectivity index (χ0n) is 14.9. The Morgan fingerprint density at radius 2 is 1.96 bits per heavy atom. The van der Waals surface area contributed by atoms with E-state index in [1.807, 2.05) is 13.0 Å². The van der Waals surface area contributed by atoms with Crippen LogP contribution in [0.3, 0.4) is 0 Å². The van der Waals surface area contributed by atoms with Crippen molar-refractivity contribution < 1.29 is 17.2 Å². The van der Waals surface area contributed by atoms with E-state index in [0.717, 1.165) is 22.4 Å². The van der Waals surface area contributed by atoms with Crippen LogP contribution in [0.2, 0.25) is 0 Å². The van der Waals surface area contributed by atoms with Crippen LogP contribution in [0.5, 0.6) is 0 Å². The number of aryl methyl sites for hydroxylation is 1. The molecule has 0 spiro atoms. The maximum Gasteiger partial charge on any atom is 0.156 e. The van der Waals surface area contributed by atoms with Gasteiger partial charge < -0.3 is 0 Å². The molecule has 0 radical (unpaired) electrons. The van der Waals surface area contributed by atoms with Crippen LogP contribution in [0.4, 0.5) is 8.78 Å². The van der Waals surface area contributed by atoms with Crippen molar-refractivity contribution in [3.05, 3.63) is 59.6 Å². The lowest BCUT2D eigenvalue weighted by molar-refractivity contribution is 0.547. The monoisotopic (exact) mass is 392 g/mol. The minimum absolute atomic E-state index is 0.0625. The zero-order valence-corrected chi connectivity index (χ0v) is 15.7. The molecule has 3 aromatic rings. The Balaban J connectivity index is 2.01. The molecule has 27 heavy (non-hydrogen) atoms. The molecule has 6 nitrogen and oxygen atoms in total. The summed E-state index contributed by atoms with van der Waals surface area (Å²) >= 11 is 0. The summed E-state index contributed by atoms with van der Waals surface area (Å²) in [5.41, 5.74) is 1.40. The van der Waals surface area contributed by atoms with Gasteiger partial charge in [0.15, 0.2) is 21.5 Å². The number of halogens is 2. The summed E-state index contributed by atoms with van der Waals surface area (Å²) in [5, 5.41) is 7.74. The van der Waals surface area contributed by atoms with Gasteiger partial charge in [0.25, 0.3) is 0 Å². The third-order valence-electron chi connectivity index (χ3n) is 3.93. The Labute approximate surface area is 155 Å². The summed E-state index contributed by atoms with van der Waals surface area (Å²) < 4.78 is 54.1. The first-order valence-electron chi connectivity index (χ1n) is 8.33. The quantitative estimate of drug-likeness (QED) is 0.644. The van der Waals surface area contributed by atoms with Gasteiger partial charge in [-0.15, -0.1) is 5.10 Å². The number of pyridine rings is 1. The van der Waals surface area contributed by atoms with E-state index >= 15 is 0 Å². The Hall–Kier alpha value is -2.68. The average Bonchev–Trinajstić information content (AvgIpc) is 3.07. The number of aromatic nitrogens is 4. The molecule has 3 rings (SSSR count). The third-order valence-corrected chi connectivity index (χ3v) is 5.71. The lowest BCUT2D eigenvalue weighted by Gasteiger charge is -2.09. The summed E-state index contributed by atoms with van der Waals surface area (Å²) in [5.74, 6) is -2.38. The molecule has 0 aliphatic heterocycles. The van der Waals surface area contributed by atoms with E-state index in [-0.39, 0.29) is 11.3 Å². The van der Waals surface area contributed by atoms with Gasteiger partial charge in [-0.3, -0.25) is 4.98 Å². The predicted molar refractivity (Wildman–Crippen MR) is 97.0 cm³/mol.